The average molecular weight is 179 g/mol. The van der Waals surface area contributed by atoms with Crippen molar-refractivity contribution in [1.82, 2.24) is 10.2 Å². The summed E-state index contributed by atoms with van der Waals surface area (Å²) in [5, 5.41) is 7.01. The van der Waals surface area contributed by atoms with Crippen LogP contribution in [0.5, 0.6) is 0 Å². The van der Waals surface area contributed by atoms with Crippen LogP contribution in [0.25, 0.3) is 0 Å². The van der Waals surface area contributed by atoms with Gasteiger partial charge in [0, 0.05) is 17.7 Å². The predicted molar refractivity (Wildman–Crippen MR) is 53.4 cm³/mol. The number of anilines is 1. The molecule has 1 aromatic heterocycles. The van der Waals surface area contributed by atoms with Crippen LogP contribution in [0.4, 0.5) is 5.82 Å². The molecule has 72 valence electrons. The second-order valence-electron chi connectivity index (χ2n) is 4.12. The summed E-state index contributed by atoms with van der Waals surface area (Å²) < 4.78 is 0. The summed E-state index contributed by atoms with van der Waals surface area (Å²) >= 11 is 0. The van der Waals surface area contributed by atoms with Crippen molar-refractivity contribution in [2.24, 2.45) is 5.92 Å². The monoisotopic (exact) mass is 179 g/mol. The average Bonchev–Trinajstić information content (AvgIpc) is 2.53. The number of H-pyrrole nitrogens is 1. The Morgan fingerprint density at radius 3 is 2.85 bits per heavy atom. The Labute approximate surface area is 78.7 Å². The molecule has 0 aromatic carbocycles. The highest BCUT2D eigenvalue weighted by molar-refractivity contribution is 5.30. The fraction of sp³-hybridized carbons (Fsp3) is 0.700. The first kappa shape index (κ1) is 8.60. The van der Waals surface area contributed by atoms with Crippen molar-refractivity contribution in [1.29, 1.82) is 0 Å². The first-order valence-electron chi connectivity index (χ1n) is 5.08. The van der Waals surface area contributed by atoms with E-state index in [0.717, 1.165) is 5.92 Å². The molecule has 3 heteroatoms. The molecule has 2 atom stereocenters. The number of hydrogen-bond acceptors (Lipinski definition) is 2. The van der Waals surface area contributed by atoms with Crippen LogP contribution in [-0.4, -0.2) is 10.2 Å². The number of hydrogen-bond donors (Lipinski definition) is 2. The van der Waals surface area contributed by atoms with Gasteiger partial charge in [0.2, 0.25) is 0 Å². The standard InChI is InChI=1S/C10H17N3/c1-7-4-2-3-5-8(7)9-6-10(11)13-12-9/h6-8H,2-5H2,1H3,(H3,11,12,13)/t7-,8-/m1/s1. The summed E-state index contributed by atoms with van der Waals surface area (Å²) in [5.41, 5.74) is 6.81. The molecular weight excluding hydrogens is 162 g/mol. The van der Waals surface area contributed by atoms with Gasteiger partial charge in [-0.05, 0) is 12.3 Å². The molecule has 0 aliphatic heterocycles. The van der Waals surface area contributed by atoms with E-state index in [9.17, 15) is 0 Å². The Hall–Kier alpha value is -0.990. The van der Waals surface area contributed by atoms with Crippen molar-refractivity contribution in [3.05, 3.63) is 11.8 Å². The van der Waals surface area contributed by atoms with Crippen LogP contribution in [-0.2, 0) is 0 Å². The Bertz CT molecular complexity index is 279. The van der Waals surface area contributed by atoms with E-state index < -0.39 is 0 Å². The Morgan fingerprint density at radius 1 is 1.46 bits per heavy atom. The third-order valence-corrected chi connectivity index (χ3v) is 3.13. The number of aromatic amines is 1. The maximum absolute atomic E-state index is 5.59. The Balaban J connectivity index is 2.14. The van der Waals surface area contributed by atoms with E-state index in [1.807, 2.05) is 6.07 Å². The van der Waals surface area contributed by atoms with Gasteiger partial charge in [-0.2, -0.15) is 5.10 Å². The zero-order valence-electron chi connectivity index (χ0n) is 8.09. The molecule has 0 unspecified atom stereocenters. The van der Waals surface area contributed by atoms with Gasteiger partial charge in [0.1, 0.15) is 5.82 Å². The van der Waals surface area contributed by atoms with E-state index in [4.69, 9.17) is 5.73 Å². The first-order valence-corrected chi connectivity index (χ1v) is 5.08. The Kier molecular flexibility index (Phi) is 2.25. The van der Waals surface area contributed by atoms with Crippen molar-refractivity contribution in [3.8, 4) is 0 Å². The lowest BCUT2D eigenvalue weighted by Gasteiger charge is -2.27. The van der Waals surface area contributed by atoms with Gasteiger partial charge in [0.05, 0.1) is 0 Å². The summed E-state index contributed by atoms with van der Waals surface area (Å²) in [4.78, 5) is 0. The molecule has 2 rings (SSSR count). The minimum Gasteiger partial charge on any atom is -0.382 e. The minimum absolute atomic E-state index is 0.618. The van der Waals surface area contributed by atoms with Crippen LogP contribution < -0.4 is 5.73 Å². The van der Waals surface area contributed by atoms with E-state index in [0.29, 0.717) is 11.7 Å². The van der Waals surface area contributed by atoms with E-state index in [1.54, 1.807) is 0 Å². The van der Waals surface area contributed by atoms with Crippen molar-refractivity contribution < 1.29 is 0 Å². The predicted octanol–water partition coefficient (Wildman–Crippen LogP) is 2.29. The summed E-state index contributed by atoms with van der Waals surface area (Å²) in [6, 6.07) is 1.98. The van der Waals surface area contributed by atoms with Gasteiger partial charge in [-0.25, -0.2) is 0 Å². The molecule has 3 N–H and O–H groups in total. The SMILES string of the molecule is C[C@@H]1CCCC[C@H]1c1cc(N)n[nH]1. The summed E-state index contributed by atoms with van der Waals surface area (Å²) in [5.74, 6) is 2.04. The van der Waals surface area contributed by atoms with Gasteiger partial charge in [0.15, 0.2) is 0 Å². The smallest absolute Gasteiger partial charge is 0.145 e. The number of nitrogens with zero attached hydrogens (tertiary/aromatic N) is 1. The van der Waals surface area contributed by atoms with Gasteiger partial charge in [-0.3, -0.25) is 5.10 Å². The molecule has 1 aromatic rings. The highest BCUT2D eigenvalue weighted by Gasteiger charge is 2.24. The van der Waals surface area contributed by atoms with E-state index in [-0.39, 0.29) is 0 Å². The third-order valence-electron chi connectivity index (χ3n) is 3.13. The van der Waals surface area contributed by atoms with Gasteiger partial charge in [0.25, 0.3) is 0 Å². The van der Waals surface area contributed by atoms with Gasteiger partial charge in [-0.15, -0.1) is 0 Å². The molecule has 0 saturated heterocycles. The maximum atomic E-state index is 5.59. The van der Waals surface area contributed by atoms with E-state index in [1.165, 1.54) is 31.4 Å². The van der Waals surface area contributed by atoms with Gasteiger partial charge >= 0.3 is 0 Å². The molecule has 1 fully saturated rings. The normalized spacial score (nSPS) is 29.0. The molecule has 3 nitrogen and oxygen atoms in total. The largest absolute Gasteiger partial charge is 0.382 e. The van der Waals surface area contributed by atoms with Crippen molar-refractivity contribution in [2.75, 3.05) is 5.73 Å². The van der Waals surface area contributed by atoms with Crippen LogP contribution in [0.15, 0.2) is 6.07 Å². The van der Waals surface area contributed by atoms with Gasteiger partial charge in [-0.1, -0.05) is 26.2 Å². The summed E-state index contributed by atoms with van der Waals surface area (Å²) in [7, 11) is 0. The van der Waals surface area contributed by atoms with Crippen LogP contribution in [0.1, 0.15) is 44.2 Å². The molecule has 0 amide bonds. The number of nitrogens with two attached hydrogens (primary N) is 1. The second kappa shape index (κ2) is 3.40. The summed E-state index contributed by atoms with van der Waals surface area (Å²) in [6.45, 7) is 2.32. The minimum atomic E-state index is 0.618. The molecule has 1 heterocycles. The molecule has 0 radical (unpaired) electrons. The van der Waals surface area contributed by atoms with Crippen molar-refractivity contribution in [3.63, 3.8) is 0 Å². The lowest BCUT2D eigenvalue weighted by Crippen LogP contribution is -2.15. The van der Waals surface area contributed by atoms with Crippen molar-refractivity contribution in [2.45, 2.75) is 38.5 Å². The Morgan fingerprint density at radius 2 is 2.23 bits per heavy atom. The zero-order valence-corrected chi connectivity index (χ0v) is 8.09. The topological polar surface area (TPSA) is 54.7 Å². The highest BCUT2D eigenvalue weighted by Crippen LogP contribution is 2.36. The van der Waals surface area contributed by atoms with Crippen molar-refractivity contribution >= 4 is 5.82 Å². The molecule has 1 saturated carbocycles. The third kappa shape index (κ3) is 1.69. The molecule has 0 spiro atoms. The molecule has 1 aliphatic carbocycles. The fourth-order valence-electron chi connectivity index (χ4n) is 2.32. The number of nitrogen functional groups attached to an aromatic ring is 1. The first-order chi connectivity index (χ1) is 6.27. The lowest BCUT2D eigenvalue weighted by atomic mass is 9.79. The number of nitrogens with one attached hydrogen (secondary N) is 1. The molecule has 13 heavy (non-hydrogen) atoms. The molecule has 1 aliphatic rings. The fourth-order valence-corrected chi connectivity index (χ4v) is 2.32. The lowest BCUT2D eigenvalue weighted by molar-refractivity contribution is 0.325. The highest BCUT2D eigenvalue weighted by atomic mass is 15.2. The van der Waals surface area contributed by atoms with Crippen LogP contribution in [0.3, 0.4) is 0 Å². The van der Waals surface area contributed by atoms with Crippen LogP contribution in [0.2, 0.25) is 0 Å². The zero-order chi connectivity index (χ0) is 9.26. The number of rotatable bonds is 1. The van der Waals surface area contributed by atoms with Gasteiger partial charge < -0.3 is 5.73 Å². The van der Waals surface area contributed by atoms with Crippen LogP contribution in [0, 0.1) is 5.92 Å². The second-order valence-corrected chi connectivity index (χ2v) is 4.12. The maximum Gasteiger partial charge on any atom is 0.145 e. The van der Waals surface area contributed by atoms with Crippen LogP contribution >= 0.6 is 0 Å². The quantitative estimate of drug-likeness (QED) is 0.695. The van der Waals surface area contributed by atoms with E-state index >= 15 is 0 Å². The molecular formula is C10H17N3. The summed E-state index contributed by atoms with van der Waals surface area (Å²) in [6.07, 6.45) is 5.33. The number of aromatic nitrogens is 2. The van der Waals surface area contributed by atoms with E-state index in [2.05, 4.69) is 17.1 Å². The molecule has 0 bridgehead atoms.